The van der Waals surface area contributed by atoms with Crippen LogP contribution in [0.5, 0.6) is 0 Å². The smallest absolute Gasteiger partial charge is 0.413 e. The first-order valence-corrected chi connectivity index (χ1v) is 12.6. The lowest BCUT2D eigenvalue weighted by Crippen LogP contribution is -2.40. The minimum atomic E-state index is -0.617. The molecule has 8 nitrogen and oxygen atoms in total. The summed E-state index contributed by atoms with van der Waals surface area (Å²) in [5.74, 6) is 0.163. The first-order valence-electron chi connectivity index (χ1n) is 12.6. The fraction of sp³-hybridized carbons (Fsp3) is 0.414. The van der Waals surface area contributed by atoms with Crippen molar-refractivity contribution in [3.05, 3.63) is 72.1 Å². The molecule has 8 heteroatoms. The van der Waals surface area contributed by atoms with E-state index in [-0.39, 0.29) is 24.2 Å². The van der Waals surface area contributed by atoms with Crippen molar-refractivity contribution in [3.63, 3.8) is 0 Å². The lowest BCUT2D eigenvalue weighted by atomic mass is 9.98. The highest BCUT2D eigenvalue weighted by Crippen LogP contribution is 2.44. The molecule has 1 fully saturated rings. The van der Waals surface area contributed by atoms with E-state index in [1.165, 1.54) is 11.8 Å². The number of likely N-dealkylation sites (tertiary alicyclic amines) is 1. The van der Waals surface area contributed by atoms with Crippen LogP contribution in [0.1, 0.15) is 51.2 Å². The molecule has 0 bridgehead atoms. The van der Waals surface area contributed by atoms with E-state index in [4.69, 9.17) is 9.47 Å². The van der Waals surface area contributed by atoms with Crippen LogP contribution in [0, 0.1) is 5.92 Å². The number of carbonyl (C=O) groups is 3. The Bertz CT molecular complexity index is 1160. The van der Waals surface area contributed by atoms with Crippen molar-refractivity contribution < 1.29 is 23.9 Å². The maximum atomic E-state index is 13.1. The van der Waals surface area contributed by atoms with Gasteiger partial charge in [-0.2, -0.15) is 0 Å². The third-order valence-electron chi connectivity index (χ3n) is 6.68. The summed E-state index contributed by atoms with van der Waals surface area (Å²) in [4.78, 5) is 38.9. The van der Waals surface area contributed by atoms with Gasteiger partial charge < -0.3 is 14.8 Å². The molecule has 2 atom stereocenters. The van der Waals surface area contributed by atoms with Crippen LogP contribution < -0.4 is 10.6 Å². The maximum Gasteiger partial charge on any atom is 0.413 e. The van der Waals surface area contributed by atoms with Crippen LogP contribution in [0.15, 0.2) is 60.9 Å². The molecule has 4 rings (SSSR count). The lowest BCUT2D eigenvalue weighted by molar-refractivity contribution is -0.120. The monoisotopic (exact) mass is 505 g/mol. The Balaban J connectivity index is 1.34. The predicted octanol–water partition coefficient (Wildman–Crippen LogP) is 4.80. The summed E-state index contributed by atoms with van der Waals surface area (Å²) in [6.45, 7) is 11.6. The van der Waals surface area contributed by atoms with E-state index in [2.05, 4.69) is 41.5 Å². The topological polar surface area (TPSA) is 97.0 Å². The highest BCUT2D eigenvalue weighted by molar-refractivity contribution is 5.86. The molecule has 1 aliphatic carbocycles. The van der Waals surface area contributed by atoms with E-state index in [0.29, 0.717) is 25.3 Å². The second-order valence-electron chi connectivity index (χ2n) is 10.7. The molecule has 37 heavy (non-hydrogen) atoms. The summed E-state index contributed by atoms with van der Waals surface area (Å²) in [5.41, 5.74) is 3.98. The first kappa shape index (κ1) is 26.3. The Hall–Kier alpha value is -3.81. The Morgan fingerprint density at radius 3 is 2.19 bits per heavy atom. The zero-order valence-corrected chi connectivity index (χ0v) is 21.9. The van der Waals surface area contributed by atoms with E-state index in [9.17, 15) is 14.4 Å². The van der Waals surface area contributed by atoms with Gasteiger partial charge in [-0.25, -0.2) is 9.59 Å². The average Bonchev–Trinajstić information content (AvgIpc) is 3.40. The van der Waals surface area contributed by atoms with Gasteiger partial charge in [0.15, 0.2) is 5.78 Å². The number of nitrogens with one attached hydrogen (secondary N) is 2. The third kappa shape index (κ3) is 6.13. The van der Waals surface area contributed by atoms with E-state index in [1.807, 2.05) is 24.3 Å². The number of nitrogens with zero attached hydrogens (tertiary/aromatic N) is 1. The number of ether oxygens (including phenoxy) is 2. The molecule has 0 saturated carbocycles. The Morgan fingerprint density at radius 1 is 1.03 bits per heavy atom. The van der Waals surface area contributed by atoms with Gasteiger partial charge in [-0.1, -0.05) is 55.1 Å². The van der Waals surface area contributed by atoms with Gasteiger partial charge in [-0.15, -0.1) is 0 Å². The van der Waals surface area contributed by atoms with Gasteiger partial charge >= 0.3 is 12.2 Å². The minimum absolute atomic E-state index is 0.00781. The van der Waals surface area contributed by atoms with Crippen LogP contribution in [0.3, 0.4) is 0 Å². The van der Waals surface area contributed by atoms with Crippen LogP contribution in [-0.4, -0.2) is 54.2 Å². The van der Waals surface area contributed by atoms with Crippen LogP contribution in [0.4, 0.5) is 9.59 Å². The lowest BCUT2D eigenvalue weighted by Gasteiger charge is -2.23. The number of fused-ring (bicyclic) bond motifs is 3. The van der Waals surface area contributed by atoms with E-state index in [0.717, 1.165) is 22.3 Å². The molecule has 2 amide bonds. The Kier molecular flexibility index (Phi) is 7.57. The SMILES string of the molecule is C=C(NC[C@@H]1C[C@@H](C(C)=O)N(C(=O)OCC2c3ccccc3-c3ccccc32)C1)NC(=O)OC(C)(C)C. The first-order chi connectivity index (χ1) is 17.5. The zero-order valence-electron chi connectivity index (χ0n) is 21.9. The third-order valence-corrected chi connectivity index (χ3v) is 6.68. The average molecular weight is 506 g/mol. The highest BCUT2D eigenvalue weighted by Gasteiger charge is 2.39. The molecule has 2 aromatic carbocycles. The number of rotatable bonds is 7. The Morgan fingerprint density at radius 2 is 1.62 bits per heavy atom. The molecular weight excluding hydrogens is 470 g/mol. The summed E-state index contributed by atoms with van der Waals surface area (Å²) in [6.07, 6.45) is -0.583. The maximum absolute atomic E-state index is 13.1. The molecule has 0 radical (unpaired) electrons. The van der Waals surface area contributed by atoms with E-state index < -0.39 is 23.8 Å². The fourth-order valence-electron chi connectivity index (χ4n) is 5.07. The molecule has 1 heterocycles. The van der Waals surface area contributed by atoms with E-state index in [1.54, 1.807) is 20.8 Å². The number of carbonyl (C=O) groups excluding carboxylic acids is 3. The molecule has 0 spiro atoms. The summed E-state index contributed by atoms with van der Waals surface area (Å²) >= 11 is 0. The molecule has 2 N–H and O–H groups in total. The summed E-state index contributed by atoms with van der Waals surface area (Å²) in [5, 5.41) is 5.62. The Labute approximate surface area is 218 Å². The molecular formula is C29H35N3O5. The minimum Gasteiger partial charge on any atom is -0.448 e. The van der Waals surface area contributed by atoms with Crippen LogP contribution >= 0.6 is 0 Å². The summed E-state index contributed by atoms with van der Waals surface area (Å²) in [7, 11) is 0. The number of alkyl carbamates (subject to hydrolysis) is 1. The molecule has 1 aliphatic heterocycles. The number of amides is 2. The van der Waals surface area contributed by atoms with Gasteiger partial charge in [-0.05, 0) is 62.3 Å². The normalized spacial score (nSPS) is 18.5. The quantitative estimate of drug-likeness (QED) is 0.561. The summed E-state index contributed by atoms with van der Waals surface area (Å²) in [6, 6.07) is 15.8. The molecule has 2 aliphatic rings. The summed E-state index contributed by atoms with van der Waals surface area (Å²) < 4.78 is 11.0. The molecule has 1 saturated heterocycles. The molecule has 196 valence electrons. The van der Waals surface area contributed by atoms with Gasteiger partial charge in [-0.3, -0.25) is 15.0 Å². The second kappa shape index (κ2) is 10.7. The van der Waals surface area contributed by atoms with Gasteiger partial charge in [0.05, 0.1) is 6.04 Å². The standard InChI is InChI=1S/C29H35N3O5/c1-18(33)26-14-20(15-30-19(2)31-27(34)37-29(3,4)5)16-32(26)28(35)36-17-25-23-12-8-6-10-21(23)22-11-7-9-13-24(22)25/h6-13,20,25-26,30H,2,14-17H2,1,3-5H3,(H,31,34)/t20-,26-/m0/s1. The molecule has 2 aromatic rings. The van der Waals surface area contributed by atoms with E-state index >= 15 is 0 Å². The van der Waals surface area contributed by atoms with Crippen molar-refractivity contribution in [3.8, 4) is 11.1 Å². The van der Waals surface area contributed by atoms with Crippen molar-refractivity contribution in [2.24, 2.45) is 5.92 Å². The zero-order chi connectivity index (χ0) is 26.7. The van der Waals surface area contributed by atoms with Crippen molar-refractivity contribution in [1.82, 2.24) is 15.5 Å². The number of benzene rings is 2. The van der Waals surface area contributed by atoms with Gasteiger partial charge in [0.2, 0.25) is 0 Å². The van der Waals surface area contributed by atoms with Crippen molar-refractivity contribution in [1.29, 1.82) is 0 Å². The van der Waals surface area contributed by atoms with Gasteiger partial charge in [0, 0.05) is 19.0 Å². The van der Waals surface area contributed by atoms with Crippen molar-refractivity contribution in [2.75, 3.05) is 19.7 Å². The number of hydrogen-bond donors (Lipinski definition) is 2. The predicted molar refractivity (Wildman–Crippen MR) is 141 cm³/mol. The largest absolute Gasteiger partial charge is 0.448 e. The number of ketones is 1. The van der Waals surface area contributed by atoms with Gasteiger partial charge in [0.1, 0.15) is 18.0 Å². The highest BCUT2D eigenvalue weighted by atomic mass is 16.6. The van der Waals surface area contributed by atoms with Crippen molar-refractivity contribution >= 4 is 18.0 Å². The van der Waals surface area contributed by atoms with Gasteiger partial charge in [0.25, 0.3) is 0 Å². The van der Waals surface area contributed by atoms with Crippen LogP contribution in [-0.2, 0) is 14.3 Å². The number of Topliss-reactive ketones (excluding diaryl/α,β-unsaturated/α-hetero) is 1. The van der Waals surface area contributed by atoms with Crippen LogP contribution in [0.2, 0.25) is 0 Å². The van der Waals surface area contributed by atoms with Crippen LogP contribution in [0.25, 0.3) is 11.1 Å². The number of hydrogen-bond acceptors (Lipinski definition) is 6. The second-order valence-corrected chi connectivity index (χ2v) is 10.7. The fourth-order valence-corrected chi connectivity index (χ4v) is 5.07. The van der Waals surface area contributed by atoms with Crippen molar-refractivity contribution in [2.45, 2.75) is 51.7 Å². The molecule has 0 unspecified atom stereocenters. The molecule has 0 aromatic heterocycles.